The molecule has 0 aliphatic heterocycles. The number of aromatic nitrogens is 1. The molecule has 0 amide bonds. The van der Waals surface area contributed by atoms with E-state index in [1.54, 1.807) is 48.7 Å². The Bertz CT molecular complexity index is 1280. The van der Waals surface area contributed by atoms with Crippen molar-refractivity contribution in [1.82, 2.24) is 4.98 Å². The second kappa shape index (κ2) is 8.65. The molecule has 0 radical (unpaired) electrons. The highest BCUT2D eigenvalue weighted by Gasteiger charge is 2.14. The summed E-state index contributed by atoms with van der Waals surface area (Å²) >= 11 is 1.10. The van der Waals surface area contributed by atoms with E-state index >= 15 is 0 Å². The van der Waals surface area contributed by atoms with Gasteiger partial charge in [0.05, 0.1) is 10.2 Å². The third-order valence-electron chi connectivity index (χ3n) is 4.73. The summed E-state index contributed by atoms with van der Waals surface area (Å²) in [6, 6.07) is 15.0. The third kappa shape index (κ3) is 4.78. The Morgan fingerprint density at radius 3 is 2.58 bits per heavy atom. The Balaban J connectivity index is 1.45. The number of ketones is 1. The van der Waals surface area contributed by atoms with Crippen LogP contribution in [0.3, 0.4) is 0 Å². The van der Waals surface area contributed by atoms with Gasteiger partial charge in [-0.3, -0.25) is 9.78 Å². The Morgan fingerprint density at radius 1 is 1.06 bits per heavy atom. The summed E-state index contributed by atoms with van der Waals surface area (Å²) in [6.07, 6.45) is 1.80. The fraction of sp³-hybridized carbons (Fsp3) is 0.125. The Labute approximate surface area is 181 Å². The standard InChI is InChI=1S/C24H18FNO4S/c1-14-2-7-19(25)16(10-14)12-17(27)11-15-3-5-18(6-4-15)30-21-8-9-26-20-13-22(24(28)29)31-23(20)21/h2-10,13H,11-12H2,1H3,(H,28,29). The van der Waals surface area contributed by atoms with E-state index in [1.165, 1.54) is 12.1 Å². The van der Waals surface area contributed by atoms with E-state index in [2.05, 4.69) is 4.98 Å². The molecule has 1 N–H and O–H groups in total. The highest BCUT2D eigenvalue weighted by atomic mass is 32.1. The van der Waals surface area contributed by atoms with Gasteiger partial charge in [-0.15, -0.1) is 11.3 Å². The fourth-order valence-electron chi connectivity index (χ4n) is 3.24. The minimum atomic E-state index is -1.01. The first-order valence-corrected chi connectivity index (χ1v) is 10.4. The molecule has 0 saturated carbocycles. The van der Waals surface area contributed by atoms with Gasteiger partial charge < -0.3 is 9.84 Å². The number of halogens is 1. The number of ether oxygens (including phenoxy) is 1. The van der Waals surface area contributed by atoms with Crippen molar-refractivity contribution in [2.75, 3.05) is 0 Å². The van der Waals surface area contributed by atoms with E-state index in [0.717, 1.165) is 22.5 Å². The van der Waals surface area contributed by atoms with Crippen molar-refractivity contribution in [1.29, 1.82) is 0 Å². The van der Waals surface area contributed by atoms with Gasteiger partial charge >= 0.3 is 5.97 Å². The van der Waals surface area contributed by atoms with Crippen LogP contribution in [0.25, 0.3) is 10.2 Å². The smallest absolute Gasteiger partial charge is 0.345 e. The number of Topliss-reactive ketones (excluding diaryl/α,β-unsaturated/α-hetero) is 1. The molecule has 0 saturated heterocycles. The molecule has 5 nitrogen and oxygen atoms in total. The van der Waals surface area contributed by atoms with Crippen LogP contribution in [0.15, 0.2) is 60.8 Å². The van der Waals surface area contributed by atoms with Crippen LogP contribution < -0.4 is 4.74 Å². The number of nitrogens with zero attached hydrogens (tertiary/aromatic N) is 1. The number of aromatic carboxylic acids is 1. The van der Waals surface area contributed by atoms with Crippen LogP contribution in [0.1, 0.15) is 26.4 Å². The van der Waals surface area contributed by atoms with Crippen molar-refractivity contribution in [2.24, 2.45) is 0 Å². The fourth-order valence-corrected chi connectivity index (χ4v) is 4.15. The first-order chi connectivity index (χ1) is 14.9. The number of benzene rings is 2. The molecule has 0 atom stereocenters. The molecule has 0 aliphatic carbocycles. The van der Waals surface area contributed by atoms with Crippen LogP contribution in [-0.4, -0.2) is 21.8 Å². The Kier molecular flexibility index (Phi) is 5.77. The predicted octanol–water partition coefficient (Wildman–Crippen LogP) is 5.59. The van der Waals surface area contributed by atoms with Gasteiger partial charge in [0, 0.05) is 25.1 Å². The number of fused-ring (bicyclic) bond motifs is 1. The van der Waals surface area contributed by atoms with Crippen molar-refractivity contribution in [2.45, 2.75) is 19.8 Å². The lowest BCUT2D eigenvalue weighted by molar-refractivity contribution is -0.117. The number of pyridine rings is 1. The highest BCUT2D eigenvalue weighted by Crippen LogP contribution is 2.35. The van der Waals surface area contributed by atoms with Crippen LogP contribution in [0.5, 0.6) is 11.5 Å². The van der Waals surface area contributed by atoms with Crippen molar-refractivity contribution in [3.63, 3.8) is 0 Å². The van der Waals surface area contributed by atoms with Crippen molar-refractivity contribution in [3.8, 4) is 11.5 Å². The zero-order chi connectivity index (χ0) is 22.0. The second-order valence-electron chi connectivity index (χ2n) is 7.17. The average molecular weight is 435 g/mol. The lowest BCUT2D eigenvalue weighted by atomic mass is 10.0. The van der Waals surface area contributed by atoms with E-state index < -0.39 is 5.97 Å². The van der Waals surface area contributed by atoms with E-state index in [4.69, 9.17) is 4.74 Å². The topological polar surface area (TPSA) is 76.5 Å². The molecule has 156 valence electrons. The highest BCUT2D eigenvalue weighted by molar-refractivity contribution is 7.21. The molecule has 2 aromatic heterocycles. The van der Waals surface area contributed by atoms with E-state index in [1.807, 2.05) is 6.92 Å². The zero-order valence-electron chi connectivity index (χ0n) is 16.6. The molecule has 4 aromatic rings. The number of carbonyl (C=O) groups is 2. The monoisotopic (exact) mass is 435 g/mol. The lowest BCUT2D eigenvalue weighted by Crippen LogP contribution is -2.08. The summed E-state index contributed by atoms with van der Waals surface area (Å²) in [5.74, 6) is -0.381. The number of carboxylic acid groups (broad SMARTS) is 1. The van der Waals surface area contributed by atoms with Gasteiger partial charge in [0.2, 0.25) is 0 Å². The maximum Gasteiger partial charge on any atom is 0.345 e. The SMILES string of the molecule is Cc1ccc(F)c(CC(=O)Cc2ccc(Oc3ccnc4cc(C(=O)O)sc34)cc2)c1. The molecule has 0 fully saturated rings. The summed E-state index contributed by atoms with van der Waals surface area (Å²) < 4.78 is 20.4. The molecule has 2 aromatic carbocycles. The van der Waals surface area contributed by atoms with Crippen LogP contribution in [0, 0.1) is 12.7 Å². The molecule has 0 spiro atoms. The van der Waals surface area contributed by atoms with Gasteiger partial charge in [0.15, 0.2) is 0 Å². The summed E-state index contributed by atoms with van der Waals surface area (Å²) in [7, 11) is 0. The Morgan fingerprint density at radius 2 is 1.84 bits per heavy atom. The predicted molar refractivity (Wildman–Crippen MR) is 117 cm³/mol. The number of thiophene rings is 1. The number of carboxylic acids is 1. The molecule has 0 aliphatic rings. The molecule has 0 bridgehead atoms. The minimum absolute atomic E-state index is 0.0467. The van der Waals surface area contributed by atoms with E-state index in [0.29, 0.717) is 27.3 Å². The maximum absolute atomic E-state index is 13.9. The van der Waals surface area contributed by atoms with Crippen LogP contribution in [0.4, 0.5) is 4.39 Å². The minimum Gasteiger partial charge on any atom is -0.477 e. The van der Waals surface area contributed by atoms with Crippen LogP contribution in [-0.2, 0) is 17.6 Å². The number of aryl methyl sites for hydroxylation is 1. The number of hydrogen-bond acceptors (Lipinski definition) is 5. The summed E-state index contributed by atoms with van der Waals surface area (Å²) in [5.41, 5.74) is 2.68. The van der Waals surface area contributed by atoms with Gasteiger partial charge in [0.25, 0.3) is 0 Å². The third-order valence-corrected chi connectivity index (χ3v) is 5.85. The van der Waals surface area contributed by atoms with E-state index in [9.17, 15) is 19.1 Å². The maximum atomic E-state index is 13.9. The van der Waals surface area contributed by atoms with Gasteiger partial charge in [-0.05, 0) is 42.3 Å². The first kappa shape index (κ1) is 20.7. The number of carbonyl (C=O) groups excluding carboxylic acids is 1. The average Bonchev–Trinajstić information content (AvgIpc) is 3.18. The molecule has 2 heterocycles. The zero-order valence-corrected chi connectivity index (χ0v) is 17.4. The summed E-state index contributed by atoms with van der Waals surface area (Å²) in [4.78, 5) is 28.0. The number of hydrogen-bond donors (Lipinski definition) is 1. The molecular weight excluding hydrogens is 417 g/mol. The van der Waals surface area contributed by atoms with Gasteiger partial charge in [-0.1, -0.05) is 29.8 Å². The molecular formula is C24H18FNO4S. The van der Waals surface area contributed by atoms with Gasteiger partial charge in [0.1, 0.15) is 28.0 Å². The van der Waals surface area contributed by atoms with Gasteiger partial charge in [-0.25, -0.2) is 9.18 Å². The van der Waals surface area contributed by atoms with Crippen LogP contribution in [0.2, 0.25) is 0 Å². The van der Waals surface area contributed by atoms with Crippen molar-refractivity contribution < 1.29 is 23.8 Å². The quantitative estimate of drug-likeness (QED) is 0.410. The van der Waals surface area contributed by atoms with Crippen molar-refractivity contribution in [3.05, 3.63) is 88.2 Å². The molecule has 31 heavy (non-hydrogen) atoms. The Hall–Kier alpha value is -3.58. The lowest BCUT2D eigenvalue weighted by Gasteiger charge is -2.08. The molecule has 0 unspecified atom stereocenters. The van der Waals surface area contributed by atoms with E-state index in [-0.39, 0.29) is 29.3 Å². The summed E-state index contributed by atoms with van der Waals surface area (Å²) in [6.45, 7) is 1.86. The first-order valence-electron chi connectivity index (χ1n) is 9.54. The van der Waals surface area contributed by atoms with Crippen molar-refractivity contribution >= 4 is 33.3 Å². The van der Waals surface area contributed by atoms with Gasteiger partial charge in [-0.2, -0.15) is 0 Å². The van der Waals surface area contributed by atoms with Crippen LogP contribution >= 0.6 is 11.3 Å². The normalized spacial score (nSPS) is 10.9. The largest absolute Gasteiger partial charge is 0.477 e. The molecule has 7 heteroatoms. The summed E-state index contributed by atoms with van der Waals surface area (Å²) in [5, 5.41) is 9.18. The second-order valence-corrected chi connectivity index (χ2v) is 8.22. The molecule has 4 rings (SSSR count). The number of rotatable bonds is 7.